The normalized spacial score (nSPS) is 20.3. The highest BCUT2D eigenvalue weighted by Gasteiger charge is 2.39. The molecule has 0 bridgehead atoms. The van der Waals surface area contributed by atoms with E-state index in [1.165, 1.54) is 5.56 Å². The summed E-state index contributed by atoms with van der Waals surface area (Å²) in [5.74, 6) is 1.08. The monoisotopic (exact) mass is 322 g/mol. The molecule has 0 fully saturated rings. The quantitative estimate of drug-likeness (QED) is 0.841. The zero-order valence-electron chi connectivity index (χ0n) is 12.8. The van der Waals surface area contributed by atoms with Crippen LogP contribution in [-0.2, 0) is 11.2 Å². The molecular formula is C19H18N2OS. The Morgan fingerprint density at radius 2 is 1.87 bits per heavy atom. The van der Waals surface area contributed by atoms with Crippen LogP contribution in [0, 0.1) is 0 Å². The molecule has 0 N–H and O–H groups in total. The first-order chi connectivity index (χ1) is 11.3. The second-order valence-electron chi connectivity index (χ2n) is 5.84. The molecule has 1 amide bonds. The molecule has 2 aliphatic heterocycles. The van der Waals surface area contributed by atoms with Gasteiger partial charge in [0.15, 0.2) is 5.17 Å². The van der Waals surface area contributed by atoms with Crippen molar-refractivity contribution in [1.82, 2.24) is 0 Å². The summed E-state index contributed by atoms with van der Waals surface area (Å²) in [5.41, 5.74) is 3.32. The Bertz CT molecular complexity index is 757. The van der Waals surface area contributed by atoms with E-state index in [4.69, 9.17) is 0 Å². The standard InChI is InChI=1S/C19H18N2OS/c22-18-16(13-14-7-2-1-3-8-14)15-9-4-5-10-17(15)21(18)19-20-11-6-12-23-19/h1-5,7-10,16H,6,11-13H2. The van der Waals surface area contributed by atoms with E-state index < -0.39 is 0 Å². The molecule has 2 aromatic rings. The lowest BCUT2D eigenvalue weighted by atomic mass is 9.93. The first-order valence-corrected chi connectivity index (χ1v) is 8.97. The van der Waals surface area contributed by atoms with Crippen molar-refractivity contribution in [3.63, 3.8) is 0 Å². The topological polar surface area (TPSA) is 32.7 Å². The third-order valence-corrected chi connectivity index (χ3v) is 5.39. The molecule has 0 spiro atoms. The fourth-order valence-corrected chi connectivity index (χ4v) is 4.18. The molecule has 1 unspecified atom stereocenters. The van der Waals surface area contributed by atoms with Crippen LogP contribution >= 0.6 is 11.8 Å². The van der Waals surface area contributed by atoms with Gasteiger partial charge in [0.2, 0.25) is 5.91 Å². The third kappa shape index (κ3) is 2.68. The zero-order chi connectivity index (χ0) is 15.6. The second kappa shape index (κ2) is 6.20. The Morgan fingerprint density at radius 3 is 2.65 bits per heavy atom. The highest BCUT2D eigenvalue weighted by molar-refractivity contribution is 8.14. The van der Waals surface area contributed by atoms with Crippen molar-refractivity contribution in [2.24, 2.45) is 4.99 Å². The summed E-state index contributed by atoms with van der Waals surface area (Å²) in [6.07, 6.45) is 1.83. The van der Waals surface area contributed by atoms with Crippen LogP contribution in [0.1, 0.15) is 23.5 Å². The minimum absolute atomic E-state index is 0.112. The highest BCUT2D eigenvalue weighted by atomic mass is 32.2. The number of anilines is 1. The second-order valence-corrected chi connectivity index (χ2v) is 6.90. The summed E-state index contributed by atoms with van der Waals surface area (Å²) in [6.45, 7) is 0.817. The lowest BCUT2D eigenvalue weighted by molar-refractivity contribution is -0.118. The number of aliphatic imine (C=N–C) groups is 1. The largest absolute Gasteiger partial charge is 0.273 e. The molecule has 2 aliphatic rings. The number of amidine groups is 1. The molecule has 2 heterocycles. The van der Waals surface area contributed by atoms with Crippen LogP contribution in [0.3, 0.4) is 0 Å². The van der Waals surface area contributed by atoms with Gasteiger partial charge in [-0.05, 0) is 30.0 Å². The van der Waals surface area contributed by atoms with Crippen LogP contribution in [0.4, 0.5) is 5.69 Å². The molecule has 116 valence electrons. The van der Waals surface area contributed by atoms with E-state index in [2.05, 4.69) is 23.2 Å². The number of para-hydroxylation sites is 1. The fraction of sp³-hybridized carbons (Fsp3) is 0.263. The predicted molar refractivity (Wildman–Crippen MR) is 96.2 cm³/mol. The molecule has 23 heavy (non-hydrogen) atoms. The number of carbonyl (C=O) groups is 1. The van der Waals surface area contributed by atoms with Crippen molar-refractivity contribution >= 4 is 28.5 Å². The third-order valence-electron chi connectivity index (χ3n) is 4.33. The Balaban J connectivity index is 1.71. The maximum absolute atomic E-state index is 13.1. The van der Waals surface area contributed by atoms with E-state index in [-0.39, 0.29) is 11.8 Å². The smallest absolute Gasteiger partial charge is 0.241 e. The average Bonchev–Trinajstić information content (AvgIpc) is 2.89. The molecule has 0 aliphatic carbocycles. The van der Waals surface area contributed by atoms with Gasteiger partial charge in [0, 0.05) is 12.3 Å². The number of carbonyl (C=O) groups excluding carboxylic acids is 1. The Kier molecular flexibility index (Phi) is 3.92. The maximum atomic E-state index is 13.1. The van der Waals surface area contributed by atoms with Crippen molar-refractivity contribution in [3.8, 4) is 0 Å². The Morgan fingerprint density at radius 1 is 1.09 bits per heavy atom. The minimum atomic E-state index is -0.112. The van der Waals surface area contributed by atoms with Crippen molar-refractivity contribution in [2.45, 2.75) is 18.8 Å². The number of benzene rings is 2. The minimum Gasteiger partial charge on any atom is -0.273 e. The van der Waals surface area contributed by atoms with Crippen molar-refractivity contribution in [2.75, 3.05) is 17.2 Å². The molecule has 3 nitrogen and oxygen atoms in total. The average molecular weight is 322 g/mol. The van der Waals surface area contributed by atoms with Gasteiger partial charge in [-0.15, -0.1) is 0 Å². The SMILES string of the molecule is O=C1C(Cc2ccccc2)c2ccccc2N1C1=NCCCS1. The number of rotatable bonds is 2. The van der Waals surface area contributed by atoms with Gasteiger partial charge in [-0.2, -0.15) is 0 Å². The van der Waals surface area contributed by atoms with Gasteiger partial charge in [-0.25, -0.2) is 0 Å². The zero-order valence-corrected chi connectivity index (χ0v) is 13.6. The molecule has 1 atom stereocenters. The number of fused-ring (bicyclic) bond motifs is 1. The van der Waals surface area contributed by atoms with Crippen LogP contribution in [0.15, 0.2) is 59.6 Å². The van der Waals surface area contributed by atoms with E-state index >= 15 is 0 Å². The molecule has 0 saturated carbocycles. The lowest BCUT2D eigenvalue weighted by Crippen LogP contribution is -2.35. The van der Waals surface area contributed by atoms with Crippen molar-refractivity contribution in [1.29, 1.82) is 0 Å². The van der Waals surface area contributed by atoms with Crippen LogP contribution in [0.25, 0.3) is 0 Å². The van der Waals surface area contributed by atoms with Crippen LogP contribution in [-0.4, -0.2) is 23.4 Å². The summed E-state index contributed by atoms with van der Waals surface area (Å²) in [5, 5.41) is 0.865. The van der Waals surface area contributed by atoms with Crippen molar-refractivity contribution < 1.29 is 4.79 Å². The highest BCUT2D eigenvalue weighted by Crippen LogP contribution is 2.41. The van der Waals surface area contributed by atoms with Gasteiger partial charge >= 0.3 is 0 Å². The van der Waals surface area contributed by atoms with Crippen LogP contribution in [0.5, 0.6) is 0 Å². The lowest BCUT2D eigenvalue weighted by Gasteiger charge is -2.22. The number of nitrogens with zero attached hydrogens (tertiary/aromatic N) is 2. The number of hydrogen-bond acceptors (Lipinski definition) is 3. The molecular weight excluding hydrogens is 304 g/mol. The Labute approximate surface area is 140 Å². The first-order valence-electron chi connectivity index (χ1n) is 7.98. The van der Waals surface area contributed by atoms with Gasteiger partial charge < -0.3 is 0 Å². The van der Waals surface area contributed by atoms with E-state index in [0.717, 1.165) is 41.6 Å². The summed E-state index contributed by atoms with van der Waals surface area (Å²) >= 11 is 1.69. The van der Waals surface area contributed by atoms with Gasteiger partial charge in [0.1, 0.15) is 0 Å². The van der Waals surface area contributed by atoms with Gasteiger partial charge in [-0.1, -0.05) is 60.3 Å². The van der Waals surface area contributed by atoms with Gasteiger partial charge in [0.05, 0.1) is 11.6 Å². The molecule has 0 saturated heterocycles. The summed E-state index contributed by atoms with van der Waals surface area (Å²) in [7, 11) is 0. The molecule has 4 heteroatoms. The maximum Gasteiger partial charge on any atom is 0.241 e. The number of amides is 1. The summed E-state index contributed by atoms with van der Waals surface area (Å²) in [6, 6.07) is 18.4. The van der Waals surface area contributed by atoms with Crippen LogP contribution < -0.4 is 4.90 Å². The van der Waals surface area contributed by atoms with Gasteiger partial charge in [0.25, 0.3) is 0 Å². The van der Waals surface area contributed by atoms with E-state index in [1.807, 2.05) is 41.3 Å². The fourth-order valence-electron chi connectivity index (χ4n) is 3.22. The number of thioether (sulfide) groups is 1. The first kappa shape index (κ1) is 14.5. The number of hydrogen-bond donors (Lipinski definition) is 0. The summed E-state index contributed by atoms with van der Waals surface area (Å²) in [4.78, 5) is 19.5. The molecule has 4 rings (SSSR count). The summed E-state index contributed by atoms with van der Waals surface area (Å²) < 4.78 is 0. The van der Waals surface area contributed by atoms with E-state index in [0.29, 0.717) is 0 Å². The van der Waals surface area contributed by atoms with E-state index in [1.54, 1.807) is 11.8 Å². The van der Waals surface area contributed by atoms with Crippen LogP contribution in [0.2, 0.25) is 0 Å². The molecule has 0 radical (unpaired) electrons. The van der Waals surface area contributed by atoms with E-state index in [9.17, 15) is 4.79 Å². The Hall–Kier alpha value is -2.07. The molecule has 2 aromatic carbocycles. The molecule has 0 aromatic heterocycles. The van der Waals surface area contributed by atoms with Gasteiger partial charge in [-0.3, -0.25) is 14.7 Å². The predicted octanol–water partition coefficient (Wildman–Crippen LogP) is 3.85. The van der Waals surface area contributed by atoms with Crippen molar-refractivity contribution in [3.05, 3.63) is 65.7 Å².